The van der Waals surface area contributed by atoms with Crippen LogP contribution in [-0.2, 0) is 11.3 Å². The van der Waals surface area contributed by atoms with Crippen LogP contribution in [0, 0.1) is 6.92 Å². The number of methoxy groups -OCH3 is 1. The summed E-state index contributed by atoms with van der Waals surface area (Å²) in [7, 11) is 1.68. The third kappa shape index (κ3) is 5.42. The molecule has 1 heterocycles. The number of nitrogens with zero attached hydrogens (tertiary/aromatic N) is 2. The van der Waals surface area contributed by atoms with E-state index in [1.807, 2.05) is 13.1 Å². The zero-order valence-corrected chi connectivity index (χ0v) is 12.0. The maximum absolute atomic E-state index is 4.97. The van der Waals surface area contributed by atoms with E-state index in [0.717, 1.165) is 24.3 Å². The SMILES string of the molecule is COCCNc1ncc(CNC(C)(C)C)c(C)n1. The Morgan fingerprint density at radius 1 is 1.33 bits per heavy atom. The Morgan fingerprint density at radius 2 is 2.06 bits per heavy atom. The Labute approximate surface area is 109 Å². The van der Waals surface area contributed by atoms with Crippen LogP contribution in [0.2, 0.25) is 0 Å². The number of aryl methyl sites for hydroxylation is 1. The first kappa shape index (κ1) is 14.9. The van der Waals surface area contributed by atoms with Gasteiger partial charge in [0.2, 0.25) is 5.95 Å². The van der Waals surface area contributed by atoms with Gasteiger partial charge < -0.3 is 15.4 Å². The average molecular weight is 252 g/mol. The van der Waals surface area contributed by atoms with Crippen molar-refractivity contribution in [3.63, 3.8) is 0 Å². The molecule has 0 unspecified atom stereocenters. The minimum absolute atomic E-state index is 0.0990. The molecule has 0 radical (unpaired) electrons. The largest absolute Gasteiger partial charge is 0.383 e. The third-order valence-electron chi connectivity index (χ3n) is 2.48. The second kappa shape index (κ2) is 6.66. The molecule has 2 N–H and O–H groups in total. The molecule has 0 saturated carbocycles. The smallest absolute Gasteiger partial charge is 0.222 e. The molecular formula is C13H24N4O. The van der Waals surface area contributed by atoms with Gasteiger partial charge in [0.25, 0.3) is 0 Å². The van der Waals surface area contributed by atoms with E-state index >= 15 is 0 Å². The van der Waals surface area contributed by atoms with Gasteiger partial charge in [0.1, 0.15) is 0 Å². The van der Waals surface area contributed by atoms with Crippen molar-refractivity contribution in [3.8, 4) is 0 Å². The van der Waals surface area contributed by atoms with Crippen molar-refractivity contribution in [2.45, 2.75) is 39.8 Å². The molecule has 0 aromatic carbocycles. The molecule has 0 aliphatic rings. The Hall–Kier alpha value is -1.20. The van der Waals surface area contributed by atoms with Crippen molar-refractivity contribution in [2.24, 2.45) is 0 Å². The first-order valence-electron chi connectivity index (χ1n) is 6.23. The molecule has 102 valence electrons. The summed E-state index contributed by atoms with van der Waals surface area (Å²) in [5.41, 5.74) is 2.23. The van der Waals surface area contributed by atoms with Crippen molar-refractivity contribution in [1.29, 1.82) is 0 Å². The van der Waals surface area contributed by atoms with Crippen molar-refractivity contribution in [2.75, 3.05) is 25.6 Å². The summed E-state index contributed by atoms with van der Waals surface area (Å²) in [6.45, 7) is 10.6. The van der Waals surface area contributed by atoms with Crippen LogP contribution in [0.5, 0.6) is 0 Å². The molecule has 0 atom stereocenters. The molecule has 0 amide bonds. The number of aromatic nitrogens is 2. The summed E-state index contributed by atoms with van der Waals surface area (Å²) >= 11 is 0. The van der Waals surface area contributed by atoms with E-state index in [0.29, 0.717) is 12.6 Å². The highest BCUT2D eigenvalue weighted by molar-refractivity contribution is 5.29. The molecule has 0 fully saturated rings. The fourth-order valence-electron chi connectivity index (χ4n) is 1.38. The van der Waals surface area contributed by atoms with Crippen LogP contribution in [-0.4, -0.2) is 35.8 Å². The van der Waals surface area contributed by atoms with Gasteiger partial charge in [0, 0.05) is 43.2 Å². The van der Waals surface area contributed by atoms with E-state index in [9.17, 15) is 0 Å². The molecule has 1 aromatic heterocycles. The Bertz CT molecular complexity index is 374. The molecular weight excluding hydrogens is 228 g/mol. The first-order valence-corrected chi connectivity index (χ1v) is 6.23. The predicted octanol–water partition coefficient (Wildman–Crippen LogP) is 1.73. The minimum atomic E-state index is 0.0990. The van der Waals surface area contributed by atoms with Crippen molar-refractivity contribution < 1.29 is 4.74 Å². The van der Waals surface area contributed by atoms with Crippen molar-refractivity contribution in [1.82, 2.24) is 15.3 Å². The topological polar surface area (TPSA) is 59.1 Å². The number of rotatable bonds is 6. The summed E-state index contributed by atoms with van der Waals surface area (Å²) in [5, 5.41) is 6.55. The lowest BCUT2D eigenvalue weighted by molar-refractivity contribution is 0.210. The fourth-order valence-corrected chi connectivity index (χ4v) is 1.38. The lowest BCUT2D eigenvalue weighted by atomic mass is 10.1. The van der Waals surface area contributed by atoms with Crippen LogP contribution in [0.1, 0.15) is 32.0 Å². The molecule has 0 saturated heterocycles. The van der Waals surface area contributed by atoms with Gasteiger partial charge in [0.05, 0.1) is 6.61 Å². The highest BCUT2D eigenvalue weighted by Crippen LogP contribution is 2.09. The van der Waals surface area contributed by atoms with E-state index in [1.54, 1.807) is 7.11 Å². The first-order chi connectivity index (χ1) is 8.42. The van der Waals surface area contributed by atoms with Crippen molar-refractivity contribution in [3.05, 3.63) is 17.5 Å². The van der Waals surface area contributed by atoms with Gasteiger partial charge in [-0.15, -0.1) is 0 Å². The molecule has 18 heavy (non-hydrogen) atoms. The van der Waals surface area contributed by atoms with Gasteiger partial charge in [0.15, 0.2) is 0 Å². The number of anilines is 1. The van der Waals surface area contributed by atoms with Crippen molar-refractivity contribution >= 4 is 5.95 Å². The summed E-state index contributed by atoms with van der Waals surface area (Å²) in [6, 6.07) is 0. The fraction of sp³-hybridized carbons (Fsp3) is 0.692. The Kier molecular flexibility index (Phi) is 5.50. The van der Waals surface area contributed by atoms with Gasteiger partial charge in [-0.25, -0.2) is 9.97 Å². The average Bonchev–Trinajstić information content (AvgIpc) is 2.27. The Morgan fingerprint density at radius 3 is 2.61 bits per heavy atom. The molecule has 0 bridgehead atoms. The van der Waals surface area contributed by atoms with Gasteiger partial charge in [-0.05, 0) is 27.7 Å². The summed E-state index contributed by atoms with van der Waals surface area (Å²) in [4.78, 5) is 8.72. The van der Waals surface area contributed by atoms with Crippen LogP contribution < -0.4 is 10.6 Å². The second-order valence-electron chi connectivity index (χ2n) is 5.33. The summed E-state index contributed by atoms with van der Waals surface area (Å²) in [5.74, 6) is 0.657. The molecule has 0 aliphatic carbocycles. The molecule has 5 heteroatoms. The van der Waals surface area contributed by atoms with E-state index in [-0.39, 0.29) is 5.54 Å². The Balaban J connectivity index is 2.56. The van der Waals surface area contributed by atoms with Crippen LogP contribution in [0.4, 0.5) is 5.95 Å². The summed E-state index contributed by atoms with van der Waals surface area (Å²) in [6.07, 6.45) is 1.87. The van der Waals surface area contributed by atoms with Crippen LogP contribution in [0.15, 0.2) is 6.20 Å². The maximum atomic E-state index is 4.97. The highest BCUT2D eigenvalue weighted by Gasteiger charge is 2.10. The quantitative estimate of drug-likeness (QED) is 0.755. The molecule has 0 aliphatic heterocycles. The standard InChI is InChI=1S/C13H24N4O/c1-10-11(9-16-13(2,3)4)8-15-12(17-10)14-6-7-18-5/h8,16H,6-7,9H2,1-5H3,(H,14,15,17). The van der Waals surface area contributed by atoms with Gasteiger partial charge >= 0.3 is 0 Å². The highest BCUT2D eigenvalue weighted by atomic mass is 16.5. The van der Waals surface area contributed by atoms with Gasteiger partial charge in [-0.1, -0.05) is 0 Å². The van der Waals surface area contributed by atoms with Gasteiger partial charge in [-0.3, -0.25) is 0 Å². The third-order valence-corrected chi connectivity index (χ3v) is 2.48. The van der Waals surface area contributed by atoms with E-state index in [1.165, 1.54) is 0 Å². The lowest BCUT2D eigenvalue weighted by Gasteiger charge is -2.21. The molecule has 1 rings (SSSR count). The number of hydrogen-bond acceptors (Lipinski definition) is 5. The van der Waals surface area contributed by atoms with Crippen LogP contribution in [0.3, 0.4) is 0 Å². The monoisotopic (exact) mass is 252 g/mol. The second-order valence-corrected chi connectivity index (χ2v) is 5.33. The molecule has 5 nitrogen and oxygen atoms in total. The van der Waals surface area contributed by atoms with Crippen LogP contribution >= 0.6 is 0 Å². The van der Waals surface area contributed by atoms with Gasteiger partial charge in [-0.2, -0.15) is 0 Å². The van der Waals surface area contributed by atoms with E-state index < -0.39 is 0 Å². The zero-order valence-electron chi connectivity index (χ0n) is 12.0. The lowest BCUT2D eigenvalue weighted by Crippen LogP contribution is -2.35. The van der Waals surface area contributed by atoms with E-state index in [4.69, 9.17) is 4.74 Å². The summed E-state index contributed by atoms with van der Waals surface area (Å²) < 4.78 is 4.97. The number of ether oxygens (including phenoxy) is 1. The predicted molar refractivity (Wildman–Crippen MR) is 73.7 cm³/mol. The molecule has 1 aromatic rings. The van der Waals surface area contributed by atoms with E-state index in [2.05, 4.69) is 41.4 Å². The minimum Gasteiger partial charge on any atom is -0.383 e. The number of hydrogen-bond donors (Lipinski definition) is 2. The normalized spacial score (nSPS) is 11.6. The maximum Gasteiger partial charge on any atom is 0.222 e. The van der Waals surface area contributed by atoms with Crippen LogP contribution in [0.25, 0.3) is 0 Å². The zero-order chi connectivity index (χ0) is 13.6. The molecule has 0 spiro atoms. The number of nitrogens with one attached hydrogen (secondary N) is 2.